The van der Waals surface area contributed by atoms with E-state index in [4.69, 9.17) is 18.9 Å². The number of quaternary nitrogens is 1. The Morgan fingerprint density at radius 3 is 1.39 bits per heavy atom. The molecule has 0 radical (unpaired) electrons. The van der Waals surface area contributed by atoms with Crippen molar-refractivity contribution in [1.82, 2.24) is 0 Å². The molecule has 0 spiro atoms. The largest absolute Gasteiger partial charge is 0.477 e. The number of rotatable bonds is 43. The first-order valence-corrected chi connectivity index (χ1v) is 24.1. The molecule has 9 heteroatoms. The van der Waals surface area contributed by atoms with Crippen molar-refractivity contribution in [2.24, 2.45) is 0 Å². The van der Waals surface area contributed by atoms with Crippen LogP contribution in [0.3, 0.4) is 0 Å². The number of ether oxygens (including phenoxy) is 4. The molecule has 0 aliphatic rings. The molecule has 0 saturated carbocycles. The van der Waals surface area contributed by atoms with E-state index in [2.05, 4.69) is 86.8 Å². The van der Waals surface area contributed by atoms with E-state index >= 15 is 0 Å². The van der Waals surface area contributed by atoms with Crippen molar-refractivity contribution in [3.63, 3.8) is 0 Å². The molecule has 0 aromatic rings. The summed E-state index contributed by atoms with van der Waals surface area (Å²) >= 11 is 0. The average molecular weight is 857 g/mol. The lowest BCUT2D eigenvalue weighted by Crippen LogP contribution is -2.40. The molecular weight excluding hydrogens is 767 g/mol. The average Bonchev–Trinajstić information content (AvgIpc) is 3.22. The molecule has 0 bridgehead atoms. The molecule has 0 amide bonds. The van der Waals surface area contributed by atoms with Crippen LogP contribution in [0.1, 0.15) is 181 Å². The molecule has 0 heterocycles. The molecule has 0 aliphatic heterocycles. The number of likely N-dealkylation sites (N-methyl/N-ethyl adjacent to an activating group) is 1. The van der Waals surface area contributed by atoms with Gasteiger partial charge in [-0.1, -0.05) is 177 Å². The summed E-state index contributed by atoms with van der Waals surface area (Å²) in [7, 11) is 5.94. The number of hydrogen-bond acceptors (Lipinski definition) is 7. The molecule has 0 fully saturated rings. The normalized spacial score (nSPS) is 13.5. The van der Waals surface area contributed by atoms with Gasteiger partial charge in [0.25, 0.3) is 6.29 Å². The SMILES string of the molecule is CC/C=C\C/C=C\C/C=C\C/C=C\C/C=C\C/C=C\CCCCCCCCC(=O)OC(COC(=O)CCCCCCCCCCCCC)COC(OCC[N+](C)(C)C)C(=O)O. The van der Waals surface area contributed by atoms with Gasteiger partial charge in [-0.2, -0.15) is 0 Å². The number of esters is 2. The van der Waals surface area contributed by atoms with Gasteiger partial charge < -0.3 is 28.5 Å². The first-order chi connectivity index (χ1) is 29.6. The summed E-state index contributed by atoms with van der Waals surface area (Å²) in [5.41, 5.74) is 0. The van der Waals surface area contributed by atoms with Gasteiger partial charge in [-0.25, -0.2) is 4.79 Å². The van der Waals surface area contributed by atoms with Crippen LogP contribution in [0.25, 0.3) is 0 Å². The number of allylic oxidation sites excluding steroid dienone is 12. The smallest absolute Gasteiger partial charge is 0.361 e. The predicted molar refractivity (Wildman–Crippen MR) is 253 cm³/mol. The Kier molecular flexibility index (Phi) is 41.1. The molecule has 0 aromatic carbocycles. The third-order valence-electron chi connectivity index (χ3n) is 9.98. The van der Waals surface area contributed by atoms with Crippen molar-refractivity contribution in [2.75, 3.05) is 47.5 Å². The van der Waals surface area contributed by atoms with E-state index in [-0.39, 0.29) is 32.2 Å². The number of nitrogens with zero attached hydrogens (tertiary/aromatic N) is 1. The Hall–Kier alpha value is -3.27. The summed E-state index contributed by atoms with van der Waals surface area (Å²) in [5, 5.41) is 9.64. The number of carbonyl (C=O) groups excluding carboxylic acids is 2. The fourth-order valence-electron chi connectivity index (χ4n) is 6.25. The van der Waals surface area contributed by atoms with Crippen LogP contribution < -0.4 is 0 Å². The summed E-state index contributed by atoms with van der Waals surface area (Å²) in [4.78, 5) is 37.1. The van der Waals surface area contributed by atoms with Gasteiger partial charge in [-0.15, -0.1) is 0 Å². The predicted octanol–water partition coefficient (Wildman–Crippen LogP) is 13.1. The Morgan fingerprint density at radius 2 is 0.934 bits per heavy atom. The Balaban J connectivity index is 4.37. The second-order valence-electron chi connectivity index (χ2n) is 17.0. The number of hydrogen-bond donors (Lipinski definition) is 1. The first kappa shape index (κ1) is 57.7. The van der Waals surface area contributed by atoms with Gasteiger partial charge in [0.1, 0.15) is 13.2 Å². The van der Waals surface area contributed by atoms with Crippen LogP contribution in [0.4, 0.5) is 0 Å². The summed E-state index contributed by atoms with van der Waals surface area (Å²) < 4.78 is 22.7. The topological polar surface area (TPSA) is 108 Å². The molecule has 0 aliphatic carbocycles. The molecule has 0 saturated heterocycles. The molecule has 1 N–H and O–H groups in total. The third-order valence-corrected chi connectivity index (χ3v) is 9.98. The maximum absolute atomic E-state index is 12.8. The minimum absolute atomic E-state index is 0.182. The van der Waals surface area contributed by atoms with Gasteiger partial charge >= 0.3 is 17.9 Å². The van der Waals surface area contributed by atoms with Crippen LogP contribution in [0.5, 0.6) is 0 Å². The van der Waals surface area contributed by atoms with Crippen LogP contribution >= 0.6 is 0 Å². The molecule has 9 nitrogen and oxygen atoms in total. The summed E-state index contributed by atoms with van der Waals surface area (Å²) in [6.07, 6.45) is 51.0. The lowest BCUT2D eigenvalue weighted by molar-refractivity contribution is -0.870. The van der Waals surface area contributed by atoms with E-state index in [0.29, 0.717) is 23.9 Å². The lowest BCUT2D eigenvalue weighted by Gasteiger charge is -2.25. The highest BCUT2D eigenvalue weighted by Crippen LogP contribution is 2.14. The van der Waals surface area contributed by atoms with Gasteiger partial charge in [-0.3, -0.25) is 9.59 Å². The number of aliphatic carboxylic acids is 1. The van der Waals surface area contributed by atoms with Crippen LogP contribution in [0.2, 0.25) is 0 Å². The summed E-state index contributed by atoms with van der Waals surface area (Å²) in [5.74, 6) is -2.03. The molecule has 0 rings (SSSR count). The fraction of sp³-hybridized carbons (Fsp3) is 0.712. The fourth-order valence-corrected chi connectivity index (χ4v) is 6.25. The van der Waals surface area contributed by atoms with Crippen molar-refractivity contribution in [3.8, 4) is 0 Å². The molecule has 2 atom stereocenters. The van der Waals surface area contributed by atoms with Gasteiger partial charge in [0.15, 0.2) is 6.10 Å². The highest BCUT2D eigenvalue weighted by atomic mass is 16.7. The Labute approximate surface area is 373 Å². The zero-order valence-corrected chi connectivity index (χ0v) is 39.5. The highest BCUT2D eigenvalue weighted by molar-refractivity contribution is 5.71. The van der Waals surface area contributed by atoms with E-state index in [9.17, 15) is 19.5 Å². The standard InChI is InChI=1S/C52H89NO8/c1-6-8-10-12-14-16-18-19-20-21-22-23-24-25-26-27-28-29-30-31-33-35-37-39-41-43-50(55)61-48(47-60-52(51(56)57)58-45-44-53(3,4)5)46-59-49(54)42-40-38-36-34-32-17-15-13-11-9-7-2/h8,10,14,16,19-20,22-23,25-26,28-29,48,52H,6-7,9,11-13,15,17-18,21,24,27,30-47H2,1-5H3/p+1/b10-8-,16-14-,20-19-,23-22-,26-25-,29-28-. The highest BCUT2D eigenvalue weighted by Gasteiger charge is 2.25. The Morgan fingerprint density at radius 1 is 0.508 bits per heavy atom. The molecule has 61 heavy (non-hydrogen) atoms. The van der Waals surface area contributed by atoms with Crippen molar-refractivity contribution < 1.29 is 42.9 Å². The van der Waals surface area contributed by atoms with Crippen molar-refractivity contribution in [3.05, 3.63) is 72.9 Å². The van der Waals surface area contributed by atoms with Gasteiger partial charge in [0.2, 0.25) is 0 Å². The maximum Gasteiger partial charge on any atom is 0.361 e. The molecule has 0 aromatic heterocycles. The summed E-state index contributed by atoms with van der Waals surface area (Å²) in [6.45, 7) is 4.72. The van der Waals surface area contributed by atoms with E-state index in [1.54, 1.807) is 0 Å². The number of unbranched alkanes of at least 4 members (excludes halogenated alkanes) is 16. The van der Waals surface area contributed by atoms with E-state index in [1.807, 2.05) is 21.1 Å². The monoisotopic (exact) mass is 857 g/mol. The van der Waals surface area contributed by atoms with E-state index in [0.717, 1.165) is 96.3 Å². The van der Waals surface area contributed by atoms with Crippen molar-refractivity contribution in [1.29, 1.82) is 0 Å². The van der Waals surface area contributed by atoms with Crippen LogP contribution in [0.15, 0.2) is 72.9 Å². The maximum atomic E-state index is 12.8. The van der Waals surface area contributed by atoms with Gasteiger partial charge in [0, 0.05) is 12.8 Å². The van der Waals surface area contributed by atoms with E-state index in [1.165, 1.54) is 51.4 Å². The lowest BCUT2D eigenvalue weighted by atomic mass is 10.1. The van der Waals surface area contributed by atoms with Gasteiger partial charge in [0.05, 0.1) is 34.4 Å². The second-order valence-corrected chi connectivity index (χ2v) is 17.0. The minimum atomic E-state index is -1.51. The zero-order chi connectivity index (χ0) is 44.9. The quantitative estimate of drug-likeness (QED) is 0.0212. The van der Waals surface area contributed by atoms with Gasteiger partial charge in [-0.05, 0) is 64.2 Å². The third kappa shape index (κ3) is 44.6. The number of carbonyl (C=O) groups is 3. The first-order valence-electron chi connectivity index (χ1n) is 24.1. The van der Waals surface area contributed by atoms with Crippen molar-refractivity contribution in [2.45, 2.75) is 193 Å². The second kappa shape index (κ2) is 43.4. The number of carboxylic acid groups (broad SMARTS) is 1. The molecule has 2 unspecified atom stereocenters. The van der Waals surface area contributed by atoms with Crippen LogP contribution in [-0.4, -0.2) is 87.4 Å². The minimum Gasteiger partial charge on any atom is -0.477 e. The molecule has 350 valence electrons. The van der Waals surface area contributed by atoms with Crippen LogP contribution in [0, 0.1) is 0 Å². The van der Waals surface area contributed by atoms with Crippen molar-refractivity contribution >= 4 is 17.9 Å². The van der Waals surface area contributed by atoms with E-state index < -0.39 is 24.3 Å². The Bertz CT molecular complexity index is 1230. The molecular formula is C52H90NO8+. The summed E-state index contributed by atoms with van der Waals surface area (Å²) in [6, 6.07) is 0. The zero-order valence-electron chi connectivity index (χ0n) is 39.5. The van der Waals surface area contributed by atoms with Crippen LogP contribution in [-0.2, 0) is 33.3 Å². The number of carboxylic acids is 1.